The van der Waals surface area contributed by atoms with Gasteiger partial charge >= 0.3 is 5.97 Å². The van der Waals surface area contributed by atoms with Gasteiger partial charge in [0.15, 0.2) is 0 Å². The van der Waals surface area contributed by atoms with Crippen molar-refractivity contribution in [3.05, 3.63) is 36.5 Å². The highest BCUT2D eigenvalue weighted by Gasteiger charge is 2.20. The molecule has 69 heavy (non-hydrogen) atoms. The van der Waals surface area contributed by atoms with E-state index < -0.39 is 12.1 Å². The fraction of sp³-hybridized carbons (Fsp3) is 0.873. The topological polar surface area (TPSA) is 95.9 Å². The molecule has 0 aliphatic carbocycles. The van der Waals surface area contributed by atoms with Crippen LogP contribution in [0.15, 0.2) is 36.5 Å². The van der Waals surface area contributed by atoms with Crippen molar-refractivity contribution in [3.63, 3.8) is 0 Å². The van der Waals surface area contributed by atoms with Crippen LogP contribution in [0.3, 0.4) is 0 Å². The lowest BCUT2D eigenvalue weighted by Crippen LogP contribution is -2.45. The van der Waals surface area contributed by atoms with E-state index >= 15 is 0 Å². The SMILES string of the molecule is CCC/C=C\C/C=C\CCCCCCCC(=O)OCCCCCCCCCCC/C=C\CCCCCCCCCC(=O)NC(CO)C(O)CCCCCCCCCCCCCCCCCCCCC. The Hall–Kier alpha value is -1.92. The van der Waals surface area contributed by atoms with Crippen LogP contribution in [0, 0.1) is 0 Å². The average molecular weight is 971 g/mol. The first-order valence-corrected chi connectivity index (χ1v) is 30.7. The normalized spacial score (nSPS) is 12.8. The van der Waals surface area contributed by atoms with Gasteiger partial charge in [-0.1, -0.05) is 275 Å². The molecule has 0 heterocycles. The van der Waals surface area contributed by atoms with Crippen LogP contribution in [-0.4, -0.2) is 47.4 Å². The van der Waals surface area contributed by atoms with E-state index in [4.69, 9.17) is 4.74 Å². The molecule has 6 nitrogen and oxygen atoms in total. The first-order chi connectivity index (χ1) is 34.0. The number of aliphatic hydroxyl groups excluding tert-OH is 2. The minimum atomic E-state index is -0.671. The second-order valence-corrected chi connectivity index (χ2v) is 21.0. The zero-order chi connectivity index (χ0) is 50.0. The monoisotopic (exact) mass is 970 g/mol. The van der Waals surface area contributed by atoms with Crippen LogP contribution >= 0.6 is 0 Å². The number of carbonyl (C=O) groups excluding carboxylic acids is 2. The highest BCUT2D eigenvalue weighted by Crippen LogP contribution is 2.17. The molecule has 6 heteroatoms. The second-order valence-electron chi connectivity index (χ2n) is 21.0. The molecule has 0 bridgehead atoms. The van der Waals surface area contributed by atoms with Crippen LogP contribution in [0.1, 0.15) is 328 Å². The Morgan fingerprint density at radius 1 is 0.406 bits per heavy atom. The summed E-state index contributed by atoms with van der Waals surface area (Å²) in [6.45, 7) is 4.89. The Kier molecular flexibility index (Phi) is 57.0. The van der Waals surface area contributed by atoms with E-state index in [9.17, 15) is 19.8 Å². The molecular formula is C63H119NO5. The molecule has 1 amide bonds. The number of hydrogen-bond acceptors (Lipinski definition) is 5. The molecule has 0 aromatic rings. The Balaban J connectivity index is 3.44. The summed E-state index contributed by atoms with van der Waals surface area (Å²) in [6, 6.07) is -0.549. The number of rotatable bonds is 57. The van der Waals surface area contributed by atoms with Gasteiger partial charge in [0, 0.05) is 12.8 Å². The van der Waals surface area contributed by atoms with Crippen LogP contribution in [0.25, 0.3) is 0 Å². The second kappa shape index (κ2) is 58.6. The molecule has 0 saturated heterocycles. The van der Waals surface area contributed by atoms with Gasteiger partial charge in [-0.05, 0) is 77.0 Å². The van der Waals surface area contributed by atoms with Gasteiger partial charge in [0.05, 0.1) is 25.4 Å². The number of esters is 1. The van der Waals surface area contributed by atoms with Crippen LogP contribution in [-0.2, 0) is 14.3 Å². The fourth-order valence-electron chi connectivity index (χ4n) is 9.44. The number of nitrogens with one attached hydrogen (secondary N) is 1. The Labute approximate surface area is 430 Å². The molecule has 0 aliphatic heterocycles. The van der Waals surface area contributed by atoms with Crippen LogP contribution in [0.5, 0.6) is 0 Å². The van der Waals surface area contributed by atoms with E-state index in [1.807, 2.05) is 0 Å². The summed E-state index contributed by atoms with van der Waals surface area (Å²) in [5.41, 5.74) is 0. The Morgan fingerprint density at radius 3 is 1.17 bits per heavy atom. The van der Waals surface area contributed by atoms with Gasteiger partial charge in [-0.2, -0.15) is 0 Å². The Morgan fingerprint density at radius 2 is 0.754 bits per heavy atom. The zero-order valence-corrected chi connectivity index (χ0v) is 46.3. The van der Waals surface area contributed by atoms with Gasteiger partial charge < -0.3 is 20.3 Å². The van der Waals surface area contributed by atoms with Crippen LogP contribution < -0.4 is 5.32 Å². The third-order valence-electron chi connectivity index (χ3n) is 14.1. The van der Waals surface area contributed by atoms with E-state index in [0.29, 0.717) is 25.9 Å². The summed E-state index contributed by atoms with van der Waals surface area (Å²) in [5, 5.41) is 23.3. The smallest absolute Gasteiger partial charge is 0.305 e. The molecule has 406 valence electrons. The molecule has 0 fully saturated rings. The third kappa shape index (κ3) is 55.2. The molecule has 0 aliphatic rings. The van der Waals surface area contributed by atoms with Gasteiger partial charge in [-0.15, -0.1) is 0 Å². The average Bonchev–Trinajstić information content (AvgIpc) is 3.35. The number of aliphatic hydroxyl groups is 2. The van der Waals surface area contributed by atoms with Gasteiger partial charge in [0.1, 0.15) is 0 Å². The molecule has 3 N–H and O–H groups in total. The van der Waals surface area contributed by atoms with Crippen LogP contribution in [0.2, 0.25) is 0 Å². The van der Waals surface area contributed by atoms with E-state index in [1.54, 1.807) is 0 Å². The largest absolute Gasteiger partial charge is 0.466 e. The highest BCUT2D eigenvalue weighted by molar-refractivity contribution is 5.76. The number of unbranched alkanes of at least 4 members (excludes halogenated alkanes) is 40. The summed E-state index contributed by atoms with van der Waals surface area (Å²) in [6.07, 6.45) is 72.9. The van der Waals surface area contributed by atoms with Crippen molar-refractivity contribution < 1.29 is 24.5 Å². The van der Waals surface area contributed by atoms with E-state index in [1.165, 1.54) is 244 Å². The molecule has 0 radical (unpaired) electrons. The molecule has 2 unspecified atom stereocenters. The summed E-state index contributed by atoms with van der Waals surface area (Å²) in [5.74, 6) is -0.0506. The van der Waals surface area contributed by atoms with E-state index in [0.717, 1.165) is 51.4 Å². The molecular weight excluding hydrogens is 851 g/mol. The van der Waals surface area contributed by atoms with E-state index in [2.05, 4.69) is 55.6 Å². The third-order valence-corrected chi connectivity index (χ3v) is 14.1. The van der Waals surface area contributed by atoms with Gasteiger partial charge in [0.2, 0.25) is 5.91 Å². The lowest BCUT2D eigenvalue weighted by molar-refractivity contribution is -0.143. The first kappa shape index (κ1) is 67.1. The standard InChI is InChI=1S/C63H119NO5/c1-3-5-7-9-11-13-15-17-18-19-22-25-28-32-35-39-43-47-51-55-61(66)60(59-65)64-62(67)56-52-48-44-40-36-33-29-26-23-20-21-24-27-30-34-38-42-46-50-54-58-69-63(68)57-53-49-45-41-37-31-16-14-12-10-8-6-4-2/h8,10,14,16,20,23,60-61,65-66H,3-7,9,11-13,15,17-19,21-22,24-59H2,1-2H3,(H,64,67)/b10-8-,16-14-,23-20-. The molecule has 2 atom stereocenters. The summed E-state index contributed by atoms with van der Waals surface area (Å²) >= 11 is 0. The molecule has 0 spiro atoms. The van der Waals surface area contributed by atoms with Crippen LogP contribution in [0.4, 0.5) is 0 Å². The Bertz CT molecular complexity index is 1120. The minimum Gasteiger partial charge on any atom is -0.466 e. The quantitative estimate of drug-likeness (QED) is 0.0321. The molecule has 0 aromatic carbocycles. The predicted molar refractivity (Wildman–Crippen MR) is 301 cm³/mol. The number of hydrogen-bond donors (Lipinski definition) is 3. The van der Waals surface area contributed by atoms with Crippen molar-refractivity contribution in [1.29, 1.82) is 0 Å². The van der Waals surface area contributed by atoms with Gasteiger partial charge in [-0.25, -0.2) is 0 Å². The number of carbonyl (C=O) groups is 2. The minimum absolute atomic E-state index is 0.00898. The maximum Gasteiger partial charge on any atom is 0.305 e. The van der Waals surface area contributed by atoms with Crippen molar-refractivity contribution in [2.24, 2.45) is 0 Å². The van der Waals surface area contributed by atoms with Crippen molar-refractivity contribution in [1.82, 2.24) is 5.32 Å². The van der Waals surface area contributed by atoms with Gasteiger partial charge in [-0.3, -0.25) is 9.59 Å². The van der Waals surface area contributed by atoms with Crippen molar-refractivity contribution in [2.75, 3.05) is 13.2 Å². The predicted octanol–water partition coefficient (Wildman–Crippen LogP) is 19.2. The summed E-state index contributed by atoms with van der Waals surface area (Å²) in [4.78, 5) is 24.5. The number of amides is 1. The van der Waals surface area contributed by atoms with Crippen molar-refractivity contribution in [3.8, 4) is 0 Å². The maximum absolute atomic E-state index is 12.5. The zero-order valence-electron chi connectivity index (χ0n) is 46.3. The lowest BCUT2D eigenvalue weighted by atomic mass is 10.0. The highest BCUT2D eigenvalue weighted by atomic mass is 16.5. The fourth-order valence-corrected chi connectivity index (χ4v) is 9.44. The van der Waals surface area contributed by atoms with E-state index in [-0.39, 0.29) is 18.5 Å². The summed E-state index contributed by atoms with van der Waals surface area (Å²) in [7, 11) is 0. The first-order valence-electron chi connectivity index (χ1n) is 30.7. The number of allylic oxidation sites excluding steroid dienone is 6. The molecule has 0 rings (SSSR count). The van der Waals surface area contributed by atoms with Crippen molar-refractivity contribution in [2.45, 2.75) is 341 Å². The number of ether oxygens (including phenoxy) is 1. The summed E-state index contributed by atoms with van der Waals surface area (Å²) < 4.78 is 5.46. The maximum atomic E-state index is 12.5. The van der Waals surface area contributed by atoms with Crippen molar-refractivity contribution >= 4 is 11.9 Å². The lowest BCUT2D eigenvalue weighted by Gasteiger charge is -2.22. The molecule has 0 aromatic heterocycles. The van der Waals surface area contributed by atoms with Gasteiger partial charge in [0.25, 0.3) is 0 Å². The molecule has 0 saturated carbocycles.